The maximum absolute atomic E-state index is 11.6. The van der Waals surface area contributed by atoms with Crippen LogP contribution in [0.2, 0.25) is 0 Å². The van der Waals surface area contributed by atoms with E-state index in [1.165, 1.54) is 24.3 Å². The molecule has 7 nitrogen and oxygen atoms in total. The fraction of sp³-hybridized carbons (Fsp3) is 0.417. The van der Waals surface area contributed by atoms with Crippen molar-refractivity contribution in [1.82, 2.24) is 5.32 Å². The van der Waals surface area contributed by atoms with Gasteiger partial charge in [0.05, 0.1) is 4.92 Å². The largest absolute Gasteiger partial charge is 0.396 e. The molecule has 19 heavy (non-hydrogen) atoms. The van der Waals surface area contributed by atoms with E-state index in [1.807, 2.05) is 6.92 Å². The molecule has 0 aliphatic rings. The molecule has 104 valence electrons. The van der Waals surface area contributed by atoms with Gasteiger partial charge < -0.3 is 15.7 Å². The van der Waals surface area contributed by atoms with Crippen molar-refractivity contribution in [3.05, 3.63) is 34.4 Å². The summed E-state index contributed by atoms with van der Waals surface area (Å²) >= 11 is 0. The van der Waals surface area contributed by atoms with Gasteiger partial charge >= 0.3 is 6.03 Å². The molecular formula is C12H17N3O4. The first kappa shape index (κ1) is 14.9. The number of aliphatic hydroxyl groups excluding tert-OH is 1. The monoisotopic (exact) mass is 267 g/mol. The molecule has 1 unspecified atom stereocenters. The molecule has 0 radical (unpaired) electrons. The Morgan fingerprint density at radius 2 is 2.05 bits per heavy atom. The molecule has 0 aromatic heterocycles. The average molecular weight is 267 g/mol. The zero-order valence-electron chi connectivity index (χ0n) is 10.6. The Labute approximate surface area is 110 Å². The molecule has 0 aliphatic heterocycles. The lowest BCUT2D eigenvalue weighted by atomic mass is 10.2. The number of non-ortho nitro benzene ring substituents is 1. The number of nitrogens with zero attached hydrogens (tertiary/aromatic N) is 1. The Morgan fingerprint density at radius 3 is 2.58 bits per heavy atom. The van der Waals surface area contributed by atoms with E-state index in [1.54, 1.807) is 0 Å². The Balaban J connectivity index is 2.45. The van der Waals surface area contributed by atoms with Crippen LogP contribution in [0.4, 0.5) is 16.2 Å². The maximum Gasteiger partial charge on any atom is 0.319 e. The highest BCUT2D eigenvalue weighted by Crippen LogP contribution is 2.15. The van der Waals surface area contributed by atoms with E-state index < -0.39 is 4.92 Å². The van der Waals surface area contributed by atoms with Crippen molar-refractivity contribution < 1.29 is 14.8 Å². The minimum atomic E-state index is -0.499. The first-order chi connectivity index (χ1) is 9.02. The highest BCUT2D eigenvalue weighted by molar-refractivity contribution is 5.89. The second-order valence-corrected chi connectivity index (χ2v) is 4.17. The number of hydrogen-bond acceptors (Lipinski definition) is 4. The summed E-state index contributed by atoms with van der Waals surface area (Å²) in [6.45, 7) is 1.93. The van der Waals surface area contributed by atoms with Gasteiger partial charge in [0.2, 0.25) is 0 Å². The SMILES string of the molecule is CC(CCCO)NC(=O)Nc1ccc([N+](=O)[O-])cc1. The van der Waals surface area contributed by atoms with Crippen LogP contribution in [0.25, 0.3) is 0 Å². The van der Waals surface area contributed by atoms with Crippen LogP contribution in [0, 0.1) is 10.1 Å². The summed E-state index contributed by atoms with van der Waals surface area (Å²) in [7, 11) is 0. The molecule has 1 aromatic carbocycles. The molecule has 1 aromatic rings. The highest BCUT2D eigenvalue weighted by Gasteiger charge is 2.08. The van der Waals surface area contributed by atoms with Crippen LogP contribution in [-0.2, 0) is 0 Å². The van der Waals surface area contributed by atoms with Crippen molar-refractivity contribution in [2.24, 2.45) is 0 Å². The van der Waals surface area contributed by atoms with Gasteiger partial charge in [-0.25, -0.2) is 4.79 Å². The number of nitro benzene ring substituents is 1. The molecule has 2 amide bonds. The number of hydrogen-bond donors (Lipinski definition) is 3. The molecular weight excluding hydrogens is 250 g/mol. The fourth-order valence-corrected chi connectivity index (χ4v) is 1.53. The number of anilines is 1. The smallest absolute Gasteiger partial charge is 0.319 e. The number of aliphatic hydroxyl groups is 1. The Bertz CT molecular complexity index is 433. The van der Waals surface area contributed by atoms with Gasteiger partial charge in [0, 0.05) is 30.5 Å². The maximum atomic E-state index is 11.6. The van der Waals surface area contributed by atoms with Gasteiger partial charge in [0.15, 0.2) is 0 Å². The number of amides is 2. The molecule has 1 rings (SSSR count). The number of carbonyl (C=O) groups is 1. The zero-order chi connectivity index (χ0) is 14.3. The van der Waals surface area contributed by atoms with E-state index in [0.29, 0.717) is 18.5 Å². The molecule has 0 spiro atoms. The minimum absolute atomic E-state index is 0.0257. The summed E-state index contributed by atoms with van der Waals surface area (Å²) in [5, 5.41) is 24.4. The summed E-state index contributed by atoms with van der Waals surface area (Å²) in [4.78, 5) is 21.6. The van der Waals surface area contributed by atoms with E-state index in [0.717, 1.165) is 0 Å². The number of urea groups is 1. The van der Waals surface area contributed by atoms with E-state index in [2.05, 4.69) is 10.6 Å². The highest BCUT2D eigenvalue weighted by atomic mass is 16.6. The summed E-state index contributed by atoms with van der Waals surface area (Å²) in [5.74, 6) is 0. The Kier molecular flexibility index (Phi) is 5.74. The molecule has 0 fully saturated rings. The van der Waals surface area contributed by atoms with Crippen molar-refractivity contribution in [3.8, 4) is 0 Å². The number of rotatable bonds is 6. The van der Waals surface area contributed by atoms with Crippen molar-refractivity contribution in [2.45, 2.75) is 25.8 Å². The van der Waals surface area contributed by atoms with Crippen LogP contribution in [0.1, 0.15) is 19.8 Å². The Morgan fingerprint density at radius 1 is 1.42 bits per heavy atom. The van der Waals surface area contributed by atoms with Crippen LogP contribution in [0.3, 0.4) is 0 Å². The summed E-state index contributed by atoms with van der Waals surface area (Å²) in [5.41, 5.74) is 0.458. The minimum Gasteiger partial charge on any atom is -0.396 e. The van der Waals surface area contributed by atoms with E-state index in [9.17, 15) is 14.9 Å². The number of nitro groups is 1. The second kappa shape index (κ2) is 7.32. The molecule has 0 saturated heterocycles. The average Bonchev–Trinajstić information content (AvgIpc) is 2.36. The number of nitrogens with one attached hydrogen (secondary N) is 2. The topological polar surface area (TPSA) is 104 Å². The molecule has 0 bridgehead atoms. The third-order valence-corrected chi connectivity index (χ3v) is 2.51. The summed E-state index contributed by atoms with van der Waals surface area (Å²) < 4.78 is 0. The lowest BCUT2D eigenvalue weighted by Gasteiger charge is -2.13. The molecule has 7 heteroatoms. The van der Waals surface area contributed by atoms with Crippen molar-refractivity contribution in [3.63, 3.8) is 0 Å². The van der Waals surface area contributed by atoms with E-state index >= 15 is 0 Å². The van der Waals surface area contributed by atoms with Gasteiger partial charge in [0.25, 0.3) is 5.69 Å². The van der Waals surface area contributed by atoms with Crippen LogP contribution >= 0.6 is 0 Å². The zero-order valence-corrected chi connectivity index (χ0v) is 10.6. The van der Waals surface area contributed by atoms with Gasteiger partial charge in [0.1, 0.15) is 0 Å². The van der Waals surface area contributed by atoms with Crippen molar-refractivity contribution >= 4 is 17.4 Å². The number of benzene rings is 1. The van der Waals surface area contributed by atoms with Crippen LogP contribution < -0.4 is 10.6 Å². The van der Waals surface area contributed by atoms with Crippen LogP contribution in [0.5, 0.6) is 0 Å². The second-order valence-electron chi connectivity index (χ2n) is 4.17. The third-order valence-electron chi connectivity index (χ3n) is 2.51. The standard InChI is InChI=1S/C12H17N3O4/c1-9(3-2-8-16)13-12(17)14-10-4-6-11(7-5-10)15(18)19/h4-7,9,16H,2-3,8H2,1H3,(H2,13,14,17). The van der Waals surface area contributed by atoms with Crippen LogP contribution in [0.15, 0.2) is 24.3 Å². The van der Waals surface area contributed by atoms with Crippen molar-refractivity contribution in [1.29, 1.82) is 0 Å². The van der Waals surface area contributed by atoms with Gasteiger partial charge in [-0.2, -0.15) is 0 Å². The third kappa shape index (κ3) is 5.35. The predicted molar refractivity (Wildman–Crippen MR) is 71.0 cm³/mol. The predicted octanol–water partition coefficient (Wildman–Crippen LogP) is 1.88. The van der Waals surface area contributed by atoms with Crippen molar-refractivity contribution in [2.75, 3.05) is 11.9 Å². The molecule has 0 heterocycles. The molecule has 0 aliphatic carbocycles. The molecule has 0 saturated carbocycles. The number of carbonyl (C=O) groups excluding carboxylic acids is 1. The molecule has 1 atom stereocenters. The van der Waals surface area contributed by atoms with E-state index in [-0.39, 0.29) is 24.4 Å². The van der Waals surface area contributed by atoms with E-state index in [4.69, 9.17) is 5.11 Å². The van der Waals surface area contributed by atoms with Gasteiger partial charge in [-0.05, 0) is 31.9 Å². The quantitative estimate of drug-likeness (QED) is 0.540. The summed E-state index contributed by atoms with van der Waals surface area (Å²) in [6.07, 6.45) is 1.31. The van der Waals surface area contributed by atoms with Gasteiger partial charge in [-0.3, -0.25) is 10.1 Å². The normalized spacial score (nSPS) is 11.7. The van der Waals surface area contributed by atoms with Crippen LogP contribution in [-0.4, -0.2) is 28.7 Å². The Hall–Kier alpha value is -2.15. The molecule has 3 N–H and O–H groups in total. The first-order valence-electron chi connectivity index (χ1n) is 5.95. The lowest BCUT2D eigenvalue weighted by Crippen LogP contribution is -2.36. The lowest BCUT2D eigenvalue weighted by molar-refractivity contribution is -0.384. The van der Waals surface area contributed by atoms with Gasteiger partial charge in [-0.15, -0.1) is 0 Å². The fourth-order valence-electron chi connectivity index (χ4n) is 1.53. The van der Waals surface area contributed by atoms with Gasteiger partial charge in [-0.1, -0.05) is 0 Å². The summed E-state index contributed by atoms with van der Waals surface area (Å²) in [6, 6.07) is 5.16. The first-order valence-corrected chi connectivity index (χ1v) is 5.95.